The first-order chi connectivity index (χ1) is 10.3. The quantitative estimate of drug-likeness (QED) is 0.902. The summed E-state index contributed by atoms with van der Waals surface area (Å²) in [5, 5.41) is 10.6. The number of carbonyl (C=O) groups is 1. The van der Waals surface area contributed by atoms with E-state index in [1.54, 1.807) is 6.20 Å². The van der Waals surface area contributed by atoms with Crippen molar-refractivity contribution in [2.75, 3.05) is 18.4 Å². The van der Waals surface area contributed by atoms with Gasteiger partial charge >= 0.3 is 0 Å². The van der Waals surface area contributed by atoms with Crippen molar-refractivity contribution in [3.63, 3.8) is 0 Å². The van der Waals surface area contributed by atoms with E-state index in [2.05, 4.69) is 15.7 Å². The van der Waals surface area contributed by atoms with E-state index < -0.39 is 0 Å². The van der Waals surface area contributed by atoms with Crippen LogP contribution in [0.3, 0.4) is 0 Å². The molecule has 1 fully saturated rings. The van der Waals surface area contributed by atoms with Crippen LogP contribution < -0.4 is 10.6 Å². The Hall–Kier alpha value is -2.14. The number of benzene rings is 1. The SMILES string of the molecule is O=C(Cc1ccccc1)Nc1cnn(C2CCNCC2)c1. The summed E-state index contributed by atoms with van der Waals surface area (Å²) in [4.78, 5) is 12.0. The highest BCUT2D eigenvalue weighted by atomic mass is 16.1. The fourth-order valence-corrected chi connectivity index (χ4v) is 2.66. The molecule has 0 spiro atoms. The zero-order valence-corrected chi connectivity index (χ0v) is 12.0. The third-order valence-corrected chi connectivity index (χ3v) is 3.78. The average Bonchev–Trinajstić information content (AvgIpc) is 2.97. The van der Waals surface area contributed by atoms with Gasteiger partial charge in [-0.3, -0.25) is 9.48 Å². The van der Waals surface area contributed by atoms with Gasteiger partial charge in [0, 0.05) is 6.20 Å². The zero-order chi connectivity index (χ0) is 14.5. The van der Waals surface area contributed by atoms with Crippen molar-refractivity contribution in [3.05, 3.63) is 48.3 Å². The summed E-state index contributed by atoms with van der Waals surface area (Å²) in [6, 6.07) is 10.2. The Labute approximate surface area is 124 Å². The van der Waals surface area contributed by atoms with Crippen molar-refractivity contribution in [2.45, 2.75) is 25.3 Å². The van der Waals surface area contributed by atoms with Gasteiger partial charge in [0.05, 0.1) is 24.3 Å². The van der Waals surface area contributed by atoms with Crippen LogP contribution >= 0.6 is 0 Å². The molecular formula is C16H20N4O. The minimum absolute atomic E-state index is 0.00828. The fraction of sp³-hybridized carbons (Fsp3) is 0.375. The van der Waals surface area contributed by atoms with Crippen LogP contribution in [0, 0.1) is 0 Å². The molecule has 0 unspecified atom stereocenters. The van der Waals surface area contributed by atoms with Gasteiger partial charge in [0.25, 0.3) is 0 Å². The topological polar surface area (TPSA) is 59.0 Å². The number of nitrogens with one attached hydrogen (secondary N) is 2. The van der Waals surface area contributed by atoms with E-state index in [1.165, 1.54) is 0 Å². The highest BCUT2D eigenvalue weighted by molar-refractivity contribution is 5.91. The molecule has 1 aromatic carbocycles. The van der Waals surface area contributed by atoms with Gasteiger partial charge in [-0.25, -0.2) is 0 Å². The van der Waals surface area contributed by atoms with Gasteiger partial charge in [-0.15, -0.1) is 0 Å². The molecule has 2 heterocycles. The van der Waals surface area contributed by atoms with E-state index in [9.17, 15) is 4.79 Å². The highest BCUT2D eigenvalue weighted by Crippen LogP contribution is 2.19. The first kappa shape index (κ1) is 13.8. The highest BCUT2D eigenvalue weighted by Gasteiger charge is 2.16. The van der Waals surface area contributed by atoms with Gasteiger partial charge in [-0.1, -0.05) is 30.3 Å². The van der Waals surface area contributed by atoms with Crippen LogP contribution in [-0.2, 0) is 11.2 Å². The molecule has 2 aromatic rings. The molecule has 0 aliphatic carbocycles. The van der Waals surface area contributed by atoms with Gasteiger partial charge < -0.3 is 10.6 Å². The zero-order valence-electron chi connectivity index (χ0n) is 12.0. The number of amides is 1. The smallest absolute Gasteiger partial charge is 0.228 e. The first-order valence-corrected chi connectivity index (χ1v) is 7.40. The van der Waals surface area contributed by atoms with Crippen LogP contribution in [0.1, 0.15) is 24.4 Å². The number of hydrogen-bond acceptors (Lipinski definition) is 3. The molecule has 21 heavy (non-hydrogen) atoms. The largest absolute Gasteiger partial charge is 0.323 e. The second-order valence-electron chi connectivity index (χ2n) is 5.40. The van der Waals surface area contributed by atoms with Crippen molar-refractivity contribution in [1.29, 1.82) is 0 Å². The number of carbonyl (C=O) groups excluding carboxylic acids is 1. The lowest BCUT2D eigenvalue weighted by molar-refractivity contribution is -0.115. The number of anilines is 1. The molecule has 1 amide bonds. The molecule has 0 atom stereocenters. The molecule has 1 aromatic heterocycles. The van der Waals surface area contributed by atoms with Crippen molar-refractivity contribution in [2.24, 2.45) is 0 Å². The lowest BCUT2D eigenvalue weighted by atomic mass is 10.1. The summed E-state index contributed by atoms with van der Waals surface area (Å²) in [5.41, 5.74) is 1.79. The maximum atomic E-state index is 12.0. The Morgan fingerprint density at radius 1 is 1.29 bits per heavy atom. The molecule has 1 aliphatic heterocycles. The second-order valence-corrected chi connectivity index (χ2v) is 5.40. The molecule has 0 bridgehead atoms. The average molecular weight is 284 g/mol. The number of hydrogen-bond donors (Lipinski definition) is 2. The van der Waals surface area contributed by atoms with E-state index in [1.807, 2.05) is 41.2 Å². The van der Waals surface area contributed by atoms with Crippen LogP contribution in [0.5, 0.6) is 0 Å². The Kier molecular flexibility index (Phi) is 4.31. The molecular weight excluding hydrogens is 264 g/mol. The second kappa shape index (κ2) is 6.54. The molecule has 3 rings (SSSR count). The van der Waals surface area contributed by atoms with Crippen LogP contribution in [0.4, 0.5) is 5.69 Å². The number of nitrogens with zero attached hydrogens (tertiary/aromatic N) is 2. The maximum absolute atomic E-state index is 12.0. The summed E-state index contributed by atoms with van der Waals surface area (Å²) in [6.07, 6.45) is 6.21. The summed E-state index contributed by atoms with van der Waals surface area (Å²) in [7, 11) is 0. The van der Waals surface area contributed by atoms with Crippen LogP contribution in [0.25, 0.3) is 0 Å². The predicted molar refractivity (Wildman–Crippen MR) is 82.1 cm³/mol. The van der Waals surface area contributed by atoms with Gasteiger partial charge in [0.1, 0.15) is 0 Å². The molecule has 1 aliphatic rings. The van der Waals surface area contributed by atoms with Gasteiger partial charge in [-0.2, -0.15) is 5.10 Å². The minimum Gasteiger partial charge on any atom is -0.323 e. The molecule has 5 heteroatoms. The van der Waals surface area contributed by atoms with Crippen molar-refractivity contribution < 1.29 is 4.79 Å². The van der Waals surface area contributed by atoms with Crippen LogP contribution in [0.2, 0.25) is 0 Å². The molecule has 5 nitrogen and oxygen atoms in total. The van der Waals surface area contributed by atoms with Crippen molar-refractivity contribution in [1.82, 2.24) is 15.1 Å². The number of aromatic nitrogens is 2. The molecule has 0 radical (unpaired) electrons. The third kappa shape index (κ3) is 3.70. The predicted octanol–water partition coefficient (Wildman–Crippen LogP) is 1.99. The molecule has 1 saturated heterocycles. The lowest BCUT2D eigenvalue weighted by Gasteiger charge is -2.22. The van der Waals surface area contributed by atoms with Crippen LogP contribution in [-0.4, -0.2) is 28.8 Å². The Morgan fingerprint density at radius 3 is 2.81 bits per heavy atom. The maximum Gasteiger partial charge on any atom is 0.228 e. The summed E-state index contributed by atoms with van der Waals surface area (Å²) >= 11 is 0. The lowest BCUT2D eigenvalue weighted by Crippen LogP contribution is -2.29. The normalized spacial score (nSPS) is 15.8. The molecule has 2 N–H and O–H groups in total. The first-order valence-electron chi connectivity index (χ1n) is 7.40. The minimum atomic E-state index is -0.00828. The fourth-order valence-electron chi connectivity index (χ4n) is 2.66. The molecule has 0 saturated carbocycles. The number of rotatable bonds is 4. The van der Waals surface area contributed by atoms with E-state index in [4.69, 9.17) is 0 Å². The summed E-state index contributed by atoms with van der Waals surface area (Å²) in [5.74, 6) is -0.00828. The Balaban J connectivity index is 1.57. The van der Waals surface area contributed by atoms with E-state index in [-0.39, 0.29) is 5.91 Å². The summed E-state index contributed by atoms with van der Waals surface area (Å²) < 4.78 is 1.97. The van der Waals surface area contributed by atoms with E-state index >= 15 is 0 Å². The standard InChI is InChI=1S/C16H20N4O/c21-16(10-13-4-2-1-3-5-13)19-14-11-18-20(12-14)15-6-8-17-9-7-15/h1-5,11-12,15,17H,6-10H2,(H,19,21). The van der Waals surface area contributed by atoms with E-state index in [0.717, 1.165) is 37.2 Å². The van der Waals surface area contributed by atoms with Gasteiger partial charge in [0.15, 0.2) is 0 Å². The van der Waals surface area contributed by atoms with Crippen molar-refractivity contribution >= 4 is 11.6 Å². The monoisotopic (exact) mass is 284 g/mol. The Bertz CT molecular complexity index is 587. The summed E-state index contributed by atoms with van der Waals surface area (Å²) in [6.45, 7) is 2.06. The van der Waals surface area contributed by atoms with Crippen LogP contribution in [0.15, 0.2) is 42.7 Å². The van der Waals surface area contributed by atoms with Crippen molar-refractivity contribution in [3.8, 4) is 0 Å². The van der Waals surface area contributed by atoms with Gasteiger partial charge in [0.2, 0.25) is 5.91 Å². The molecule has 110 valence electrons. The Morgan fingerprint density at radius 2 is 2.05 bits per heavy atom. The van der Waals surface area contributed by atoms with E-state index in [0.29, 0.717) is 12.5 Å². The number of piperidine rings is 1. The van der Waals surface area contributed by atoms with Gasteiger partial charge in [-0.05, 0) is 31.5 Å². The third-order valence-electron chi connectivity index (χ3n) is 3.78.